The van der Waals surface area contributed by atoms with Crippen LogP contribution >= 0.6 is 0 Å². The molecule has 3 fully saturated rings. The fourth-order valence-corrected chi connectivity index (χ4v) is 13.0. The molecule has 3 saturated heterocycles. The lowest BCUT2D eigenvalue weighted by molar-refractivity contribution is -0.376. The number of hydrogen-bond acceptors (Lipinski definition) is 52. The van der Waals surface area contributed by atoms with Gasteiger partial charge in [-0.15, -0.1) is 0 Å². The average Bonchev–Trinajstić information content (AvgIpc) is 0.754. The molecule has 704 valence electrons. The van der Waals surface area contributed by atoms with Crippen LogP contribution in [0.5, 0.6) is 155 Å². The number of aliphatic hydroxyl groups excluding tert-OH is 2. The van der Waals surface area contributed by atoms with Crippen molar-refractivity contribution < 1.29 is 258 Å². The van der Waals surface area contributed by atoms with Crippen LogP contribution in [0.25, 0.3) is 0 Å². The molecule has 3 aliphatic rings. The number of ether oxygens (including phenoxy) is 14. The molecule has 0 aromatic heterocycles. The van der Waals surface area contributed by atoms with Gasteiger partial charge in [0.05, 0.1) is 50.1 Å². The minimum absolute atomic E-state index is 0.320. The first-order chi connectivity index (χ1) is 62.6. The quantitative estimate of drug-likeness (QED) is 0.0218. The van der Waals surface area contributed by atoms with E-state index in [-0.39, 0.29) is 0 Å². The molecule has 0 spiro atoms. The summed E-state index contributed by atoms with van der Waals surface area (Å²) >= 11 is 0. The Labute approximate surface area is 735 Å². The third kappa shape index (κ3) is 20.0. The number of esters is 9. The molecule has 3 heterocycles. The van der Waals surface area contributed by atoms with Crippen LogP contribution in [0.15, 0.2) is 109 Å². The molecule has 9 aromatic carbocycles. The second kappa shape index (κ2) is 37.8. The second-order valence-electron chi connectivity index (χ2n) is 28.6. The van der Waals surface area contributed by atoms with Gasteiger partial charge in [-0.25, -0.2) is 43.2 Å². The number of phenolic OH excluding ortho intramolecular Hbond substituents is 27. The van der Waals surface area contributed by atoms with Crippen LogP contribution in [-0.2, 0) is 66.3 Å². The summed E-state index contributed by atoms with van der Waals surface area (Å²) in [6.07, 6.45) is -45.0. The molecule has 9 aromatic rings. The van der Waals surface area contributed by atoms with E-state index in [1.54, 1.807) is 0 Å². The monoisotopic (exact) mass is 1870 g/mol. The largest absolute Gasteiger partial charge is 0.504 e. The Kier molecular flexibility index (Phi) is 26.9. The molecular weight excluding hydrogens is 1800 g/mol. The summed E-state index contributed by atoms with van der Waals surface area (Å²) in [7, 11) is 0. The Morgan fingerprint density at radius 3 is 0.579 bits per heavy atom. The molecule has 0 bridgehead atoms. The topological polar surface area (TPSA) is 870 Å². The third-order valence-corrected chi connectivity index (χ3v) is 19.7. The highest BCUT2D eigenvalue weighted by molar-refractivity contribution is 5.97. The van der Waals surface area contributed by atoms with E-state index in [0.29, 0.717) is 109 Å². The van der Waals surface area contributed by atoms with Crippen molar-refractivity contribution in [2.75, 3.05) is 19.8 Å². The highest BCUT2D eigenvalue weighted by atomic mass is 16.8. The van der Waals surface area contributed by atoms with E-state index < -0.39 is 371 Å². The minimum Gasteiger partial charge on any atom is -0.504 e. The summed E-state index contributed by atoms with van der Waals surface area (Å²) in [5, 5.41) is 311. The summed E-state index contributed by atoms with van der Waals surface area (Å²) in [6, 6.07) is 7.10. The van der Waals surface area contributed by atoms with Crippen LogP contribution in [0.4, 0.5) is 0 Å². The van der Waals surface area contributed by atoms with Crippen LogP contribution < -0.4 is 0 Å². The average molecular weight is 1870 g/mol. The van der Waals surface area contributed by atoms with Crippen LogP contribution in [0.1, 0.15) is 93.2 Å². The minimum atomic E-state index is -3.24. The van der Waals surface area contributed by atoms with Gasteiger partial charge in [-0.05, 0) is 109 Å². The zero-order valence-corrected chi connectivity index (χ0v) is 66.0. The molecule has 0 unspecified atom stereocenters. The van der Waals surface area contributed by atoms with Gasteiger partial charge in [0, 0.05) is 0 Å². The van der Waals surface area contributed by atoms with Crippen LogP contribution in [-0.4, -0.2) is 314 Å². The standard InChI is InChI=1S/C81H68O52/c82-31-1-22(2-32(83)52(31)100)70(111)120-19-49-61(109)64(132-80-69(130-77(118)29-15-45(96)59(107)46(97)16-29)66(127-74(115)26-9-39(90)56(104)40(91)10-26)63(126-73(114)25-7-37(88)55(103)38(89)8-25)51(125-80)21-122-72(113)24-5-35(86)54(102)36(87)6-24)67(128-75(116)27-11-41(92)57(105)42(93)12-27)79(123-49)131-65-62(110)50(20-121-71(112)23-3-33(84)53(101)34(85)4-23)124-81(133-78(119)30-17-47(98)60(108)48(99)18-30)68(65)129-76(117)28-13-43(94)58(106)44(95)14-28/h1-18,49-51,61-69,79-110H,19-21H2/t49-,50-,51-,61-,62-,63-,64+,65+,66+,67-,68-,69-,79-,80-,81+/m1/s1. The number of carbonyl (C=O) groups excluding carboxylic acids is 9. The van der Waals surface area contributed by atoms with Gasteiger partial charge >= 0.3 is 53.7 Å². The summed E-state index contributed by atoms with van der Waals surface area (Å²) in [5.74, 6) is -52.2. The van der Waals surface area contributed by atoms with Gasteiger partial charge < -0.3 is 214 Å². The first-order valence-electron chi connectivity index (χ1n) is 37.2. The zero-order chi connectivity index (χ0) is 97.4. The van der Waals surface area contributed by atoms with E-state index in [0.717, 1.165) is 0 Å². The fourth-order valence-electron chi connectivity index (χ4n) is 13.0. The van der Waals surface area contributed by atoms with Gasteiger partial charge in [0.1, 0.15) is 62.5 Å². The Hall–Kier alpha value is -17.5. The lowest BCUT2D eigenvalue weighted by Crippen LogP contribution is -2.68. The number of rotatable bonds is 25. The summed E-state index contributed by atoms with van der Waals surface area (Å²) in [5.41, 5.74) is -9.28. The maximum atomic E-state index is 15.3. The molecule has 0 aliphatic carbocycles. The maximum Gasteiger partial charge on any atom is 0.340 e. The van der Waals surface area contributed by atoms with E-state index in [2.05, 4.69) is 0 Å². The molecular formula is C81H68O52. The number of carbonyl (C=O) groups is 9. The molecule has 133 heavy (non-hydrogen) atoms. The molecule has 0 radical (unpaired) electrons. The van der Waals surface area contributed by atoms with Crippen molar-refractivity contribution in [3.8, 4) is 155 Å². The predicted octanol–water partition coefficient (Wildman–Crippen LogP) is 1.26. The number of aromatic hydroxyl groups is 27. The second-order valence-corrected chi connectivity index (χ2v) is 28.6. The van der Waals surface area contributed by atoms with Gasteiger partial charge in [0.15, 0.2) is 198 Å². The van der Waals surface area contributed by atoms with Crippen LogP contribution in [0, 0.1) is 0 Å². The number of aliphatic hydroxyl groups is 2. The molecule has 0 saturated carbocycles. The molecule has 3 aliphatic heterocycles. The Morgan fingerprint density at radius 1 is 0.195 bits per heavy atom. The van der Waals surface area contributed by atoms with Crippen molar-refractivity contribution in [3.05, 3.63) is 159 Å². The predicted molar refractivity (Wildman–Crippen MR) is 413 cm³/mol. The zero-order valence-electron chi connectivity index (χ0n) is 66.0. The molecule has 12 rings (SSSR count). The van der Waals surface area contributed by atoms with E-state index in [4.69, 9.17) is 66.3 Å². The van der Waals surface area contributed by atoms with Gasteiger partial charge in [0.25, 0.3) is 0 Å². The highest BCUT2D eigenvalue weighted by Crippen LogP contribution is 2.47. The van der Waals surface area contributed by atoms with Crippen molar-refractivity contribution in [2.24, 2.45) is 0 Å². The number of hydrogen-bond donors (Lipinski definition) is 29. The summed E-state index contributed by atoms with van der Waals surface area (Å²) in [4.78, 5) is 132. The first kappa shape index (κ1) is 94.7. The lowest BCUT2D eigenvalue weighted by Gasteiger charge is -2.49. The smallest absolute Gasteiger partial charge is 0.340 e. The van der Waals surface area contributed by atoms with Gasteiger partial charge in [-0.3, -0.25) is 0 Å². The lowest BCUT2D eigenvalue weighted by atomic mass is 9.95. The van der Waals surface area contributed by atoms with Crippen LogP contribution in [0.3, 0.4) is 0 Å². The molecule has 15 atom stereocenters. The summed E-state index contributed by atoms with van der Waals surface area (Å²) < 4.78 is 82.8. The van der Waals surface area contributed by atoms with Crippen LogP contribution in [0.2, 0.25) is 0 Å². The summed E-state index contributed by atoms with van der Waals surface area (Å²) in [6.45, 7) is -4.88. The van der Waals surface area contributed by atoms with Gasteiger partial charge in [-0.2, -0.15) is 0 Å². The molecule has 29 N–H and O–H groups in total. The SMILES string of the molecule is O=C(OC[C@H]1O[C@H](O[C@H]2[C@H](O)[C@@H](COC(=O)c3cc(O)c(O)c(O)c3)O[C@@H](OC(=O)c3cc(O)c(O)c(O)c3)[C@@H]2OC(=O)c2cc(O)c(O)c(O)c2)[C@H](OC(=O)c2cc(O)c(O)c(O)c2)[C@@H](O[C@H]2O[C@H](COC(=O)c3cc(O)c(O)c(O)c3)[C@@H](OC(=O)c3cc(O)c(O)c(O)c3)[C@H](OC(=O)c3cc(O)c(O)c(O)c3)[C@H]2OC(=O)c2cc(O)c(O)c(O)c2)[C@@H]1O)c1cc(O)c(O)c(O)c1. The third-order valence-electron chi connectivity index (χ3n) is 19.7. The molecule has 52 heteroatoms. The normalized spacial score (nSPS) is 21.5. The van der Waals surface area contributed by atoms with Crippen molar-refractivity contribution in [2.45, 2.75) is 92.1 Å². The van der Waals surface area contributed by atoms with E-state index in [1.807, 2.05) is 0 Å². The Bertz CT molecular complexity index is 5930. The number of phenols is 27. The van der Waals surface area contributed by atoms with E-state index >= 15 is 14.4 Å². The van der Waals surface area contributed by atoms with E-state index in [9.17, 15) is 177 Å². The van der Waals surface area contributed by atoms with E-state index in [1.165, 1.54) is 0 Å². The van der Waals surface area contributed by atoms with Gasteiger partial charge in [-0.1, -0.05) is 0 Å². The molecule has 52 nitrogen and oxygen atoms in total. The van der Waals surface area contributed by atoms with Gasteiger partial charge in [0.2, 0.25) is 6.29 Å². The Morgan fingerprint density at radius 2 is 0.353 bits per heavy atom. The number of benzene rings is 9. The fraction of sp³-hybridized carbons (Fsp3) is 0.222. The highest BCUT2D eigenvalue weighted by Gasteiger charge is 2.60. The Balaban J connectivity index is 1.10. The van der Waals surface area contributed by atoms with Crippen molar-refractivity contribution in [1.29, 1.82) is 0 Å². The molecule has 0 amide bonds. The van der Waals surface area contributed by atoms with Crippen molar-refractivity contribution in [1.82, 2.24) is 0 Å². The van der Waals surface area contributed by atoms with Crippen molar-refractivity contribution >= 4 is 53.7 Å². The van der Waals surface area contributed by atoms with Crippen molar-refractivity contribution in [3.63, 3.8) is 0 Å². The first-order valence-corrected chi connectivity index (χ1v) is 37.2. The maximum absolute atomic E-state index is 15.3.